The molecular formula is C22H25F2NO5. The van der Waals surface area contributed by atoms with Crippen LogP contribution in [0.3, 0.4) is 0 Å². The Morgan fingerprint density at radius 1 is 1.00 bits per heavy atom. The van der Waals surface area contributed by atoms with E-state index in [0.717, 1.165) is 12.1 Å². The highest BCUT2D eigenvalue weighted by molar-refractivity contribution is 5.97. The summed E-state index contributed by atoms with van der Waals surface area (Å²) < 4.78 is 43.7. The second-order valence-corrected chi connectivity index (χ2v) is 6.93. The Morgan fingerprint density at radius 2 is 1.67 bits per heavy atom. The fourth-order valence-electron chi connectivity index (χ4n) is 2.40. The number of amides is 1. The largest absolute Gasteiger partial charge is 0.490 e. The monoisotopic (exact) mass is 421 g/mol. The van der Waals surface area contributed by atoms with Crippen molar-refractivity contribution < 1.29 is 32.6 Å². The number of carbonyl (C=O) groups excluding carboxylic acids is 2. The zero-order valence-corrected chi connectivity index (χ0v) is 17.3. The zero-order chi connectivity index (χ0) is 22.3. The molecule has 0 spiro atoms. The highest BCUT2D eigenvalue weighted by Crippen LogP contribution is 2.29. The summed E-state index contributed by atoms with van der Waals surface area (Å²) >= 11 is 0. The van der Waals surface area contributed by atoms with Gasteiger partial charge in [0.25, 0.3) is 5.91 Å². The maximum atomic E-state index is 13.7. The lowest BCUT2D eigenvalue weighted by Gasteiger charge is -2.16. The van der Waals surface area contributed by atoms with Gasteiger partial charge in [-0.05, 0) is 50.1 Å². The van der Waals surface area contributed by atoms with Gasteiger partial charge in [0.15, 0.2) is 17.6 Å². The van der Waals surface area contributed by atoms with Gasteiger partial charge in [0.1, 0.15) is 17.3 Å². The molecule has 162 valence electrons. The molecule has 0 aliphatic heterocycles. The van der Waals surface area contributed by atoms with E-state index in [0.29, 0.717) is 30.6 Å². The Morgan fingerprint density at radius 3 is 2.27 bits per heavy atom. The van der Waals surface area contributed by atoms with E-state index in [9.17, 15) is 18.4 Å². The standard InChI is InChI=1S/C22H25F2NO5/c1-5-28-19-11-15(9-10-18(19)29-12-13(2)3)22(27)30-14(4)21(26)25-20-16(23)7-6-8-17(20)24/h6-11,13-14H,5,12H2,1-4H3,(H,25,26)/t14-/m0/s1. The number of hydrogen-bond donors (Lipinski definition) is 1. The van der Waals surface area contributed by atoms with Crippen molar-refractivity contribution in [2.75, 3.05) is 18.5 Å². The molecule has 0 aliphatic rings. The number of para-hydroxylation sites is 1. The summed E-state index contributed by atoms with van der Waals surface area (Å²) in [6.07, 6.45) is -1.29. The molecule has 0 saturated carbocycles. The van der Waals surface area contributed by atoms with Gasteiger partial charge in [0.2, 0.25) is 0 Å². The average Bonchev–Trinajstić information content (AvgIpc) is 2.69. The number of anilines is 1. The Balaban J connectivity index is 2.08. The quantitative estimate of drug-likeness (QED) is 0.600. The SMILES string of the molecule is CCOc1cc(C(=O)O[C@@H](C)C(=O)Nc2c(F)cccc2F)ccc1OCC(C)C. The minimum atomic E-state index is -1.29. The van der Waals surface area contributed by atoms with Crippen LogP contribution in [0.15, 0.2) is 36.4 Å². The van der Waals surface area contributed by atoms with Crippen molar-refractivity contribution in [2.24, 2.45) is 5.92 Å². The molecule has 1 amide bonds. The van der Waals surface area contributed by atoms with E-state index in [1.165, 1.54) is 25.1 Å². The number of halogens is 2. The summed E-state index contributed by atoms with van der Waals surface area (Å²) in [5.41, 5.74) is -0.456. The molecule has 30 heavy (non-hydrogen) atoms. The van der Waals surface area contributed by atoms with E-state index in [2.05, 4.69) is 5.32 Å². The predicted octanol–water partition coefficient (Wildman–Crippen LogP) is 4.58. The van der Waals surface area contributed by atoms with Crippen molar-refractivity contribution in [1.82, 2.24) is 0 Å². The molecule has 2 rings (SSSR count). The van der Waals surface area contributed by atoms with Gasteiger partial charge in [0, 0.05) is 0 Å². The van der Waals surface area contributed by atoms with E-state index in [4.69, 9.17) is 14.2 Å². The van der Waals surface area contributed by atoms with E-state index in [1.807, 2.05) is 13.8 Å². The molecule has 1 atom stereocenters. The van der Waals surface area contributed by atoms with Crippen molar-refractivity contribution in [2.45, 2.75) is 33.8 Å². The van der Waals surface area contributed by atoms with E-state index < -0.39 is 35.3 Å². The molecule has 0 unspecified atom stereocenters. The van der Waals surface area contributed by atoms with E-state index in [1.54, 1.807) is 13.0 Å². The Hall–Kier alpha value is -3.16. The third kappa shape index (κ3) is 6.17. The smallest absolute Gasteiger partial charge is 0.339 e. The molecular weight excluding hydrogens is 396 g/mol. The summed E-state index contributed by atoms with van der Waals surface area (Å²) in [4.78, 5) is 24.6. The summed E-state index contributed by atoms with van der Waals surface area (Å²) in [7, 11) is 0. The lowest BCUT2D eigenvalue weighted by atomic mass is 10.2. The number of benzene rings is 2. The number of esters is 1. The minimum Gasteiger partial charge on any atom is -0.490 e. The highest BCUT2D eigenvalue weighted by atomic mass is 19.1. The maximum Gasteiger partial charge on any atom is 0.339 e. The molecule has 0 bridgehead atoms. The predicted molar refractivity (Wildman–Crippen MR) is 108 cm³/mol. The van der Waals surface area contributed by atoms with Crippen LogP contribution in [0.5, 0.6) is 11.5 Å². The van der Waals surface area contributed by atoms with Crippen LogP contribution in [0.25, 0.3) is 0 Å². The van der Waals surface area contributed by atoms with Gasteiger partial charge >= 0.3 is 5.97 Å². The Bertz CT molecular complexity index is 881. The second-order valence-electron chi connectivity index (χ2n) is 6.93. The first-order chi connectivity index (χ1) is 14.2. The van der Waals surface area contributed by atoms with Gasteiger partial charge in [-0.3, -0.25) is 4.79 Å². The first kappa shape index (κ1) is 23.1. The fourth-order valence-corrected chi connectivity index (χ4v) is 2.40. The van der Waals surface area contributed by atoms with Crippen molar-refractivity contribution in [3.63, 3.8) is 0 Å². The zero-order valence-electron chi connectivity index (χ0n) is 17.3. The molecule has 0 radical (unpaired) electrons. The lowest BCUT2D eigenvalue weighted by molar-refractivity contribution is -0.123. The van der Waals surface area contributed by atoms with Crippen molar-refractivity contribution >= 4 is 17.6 Å². The van der Waals surface area contributed by atoms with Crippen molar-refractivity contribution in [3.8, 4) is 11.5 Å². The average molecular weight is 421 g/mol. The van der Waals surface area contributed by atoms with Gasteiger partial charge in [-0.1, -0.05) is 19.9 Å². The van der Waals surface area contributed by atoms with Gasteiger partial charge in [-0.15, -0.1) is 0 Å². The number of ether oxygens (including phenoxy) is 3. The van der Waals surface area contributed by atoms with Crippen LogP contribution in [-0.2, 0) is 9.53 Å². The number of rotatable bonds is 9. The molecule has 0 aromatic heterocycles. The van der Waals surface area contributed by atoms with E-state index in [-0.39, 0.29) is 5.56 Å². The molecule has 1 N–H and O–H groups in total. The number of carbonyl (C=O) groups is 2. The molecule has 0 fully saturated rings. The normalized spacial score (nSPS) is 11.7. The van der Waals surface area contributed by atoms with Crippen LogP contribution < -0.4 is 14.8 Å². The van der Waals surface area contributed by atoms with Gasteiger partial charge < -0.3 is 19.5 Å². The Kier molecular flexibility index (Phi) is 8.15. The van der Waals surface area contributed by atoms with Gasteiger partial charge in [-0.25, -0.2) is 13.6 Å². The molecule has 8 heteroatoms. The molecule has 2 aromatic rings. The minimum absolute atomic E-state index is 0.145. The third-order valence-corrected chi connectivity index (χ3v) is 3.92. The first-order valence-electron chi connectivity index (χ1n) is 9.58. The maximum absolute atomic E-state index is 13.7. The molecule has 0 heterocycles. The number of hydrogen-bond acceptors (Lipinski definition) is 5. The molecule has 0 aliphatic carbocycles. The first-order valence-corrected chi connectivity index (χ1v) is 9.58. The second kappa shape index (κ2) is 10.6. The van der Waals surface area contributed by atoms with Crippen molar-refractivity contribution in [3.05, 3.63) is 53.6 Å². The van der Waals surface area contributed by atoms with Crippen LogP contribution in [-0.4, -0.2) is 31.2 Å². The summed E-state index contributed by atoms with van der Waals surface area (Å²) in [6, 6.07) is 7.73. The molecule has 2 aromatic carbocycles. The van der Waals surface area contributed by atoms with Crippen LogP contribution >= 0.6 is 0 Å². The van der Waals surface area contributed by atoms with E-state index >= 15 is 0 Å². The van der Waals surface area contributed by atoms with Crippen LogP contribution in [0, 0.1) is 17.6 Å². The Labute approximate surface area is 174 Å². The van der Waals surface area contributed by atoms with Gasteiger partial charge in [-0.2, -0.15) is 0 Å². The molecule has 0 saturated heterocycles. The van der Waals surface area contributed by atoms with Crippen molar-refractivity contribution in [1.29, 1.82) is 0 Å². The molecule has 6 nitrogen and oxygen atoms in total. The van der Waals surface area contributed by atoms with Crippen LogP contribution in [0.2, 0.25) is 0 Å². The third-order valence-electron chi connectivity index (χ3n) is 3.92. The topological polar surface area (TPSA) is 73.9 Å². The lowest BCUT2D eigenvalue weighted by Crippen LogP contribution is -2.30. The summed E-state index contributed by atoms with van der Waals surface area (Å²) in [5, 5.41) is 2.09. The highest BCUT2D eigenvalue weighted by Gasteiger charge is 2.22. The number of nitrogens with one attached hydrogen (secondary N) is 1. The fraction of sp³-hybridized carbons (Fsp3) is 0.364. The van der Waals surface area contributed by atoms with Crippen LogP contribution in [0.4, 0.5) is 14.5 Å². The summed E-state index contributed by atoms with van der Waals surface area (Å²) in [6.45, 7) is 7.95. The van der Waals surface area contributed by atoms with Gasteiger partial charge in [0.05, 0.1) is 18.8 Å². The van der Waals surface area contributed by atoms with Crippen LogP contribution in [0.1, 0.15) is 38.1 Å². The summed E-state index contributed by atoms with van der Waals surface area (Å²) in [5.74, 6) is -2.35.